The van der Waals surface area contributed by atoms with Crippen LogP contribution in [0.3, 0.4) is 0 Å². The summed E-state index contributed by atoms with van der Waals surface area (Å²) in [7, 11) is -3.36. The van der Waals surface area contributed by atoms with Gasteiger partial charge < -0.3 is 4.90 Å². The van der Waals surface area contributed by atoms with Gasteiger partial charge in [-0.15, -0.1) is 0 Å². The number of anilines is 1. The minimum atomic E-state index is -4.37. The van der Waals surface area contributed by atoms with Crippen molar-refractivity contribution < 1.29 is 21.6 Å². The summed E-state index contributed by atoms with van der Waals surface area (Å²) in [6, 6.07) is 2.28. The summed E-state index contributed by atoms with van der Waals surface area (Å²) >= 11 is -0.241. The van der Waals surface area contributed by atoms with Crippen LogP contribution < -0.4 is 4.90 Å². The van der Waals surface area contributed by atoms with E-state index in [1.807, 2.05) is 0 Å². The van der Waals surface area contributed by atoms with Gasteiger partial charge in [0.05, 0.1) is 16.7 Å². The molecule has 1 aromatic rings. The molecule has 4 nitrogen and oxygen atoms in total. The Morgan fingerprint density at radius 1 is 1.35 bits per heavy atom. The molecular weight excluding hydrogens is 349 g/mol. The van der Waals surface area contributed by atoms with Gasteiger partial charge in [0.1, 0.15) is 5.82 Å². The number of nitrogens with zero attached hydrogens (tertiary/aromatic N) is 2. The van der Waals surface area contributed by atoms with E-state index in [0.29, 0.717) is 5.82 Å². The number of hydrogen-bond acceptors (Lipinski definition) is 5. The van der Waals surface area contributed by atoms with Gasteiger partial charge in [0.25, 0.3) is 0 Å². The lowest BCUT2D eigenvalue weighted by Gasteiger charge is -2.30. The molecule has 0 radical (unpaired) electrons. The van der Waals surface area contributed by atoms with E-state index in [1.54, 1.807) is 31.0 Å². The number of allylic oxidation sites excluding steroid dienone is 2. The molecule has 0 saturated heterocycles. The average molecular weight is 364 g/mol. The first-order chi connectivity index (χ1) is 10.6. The molecule has 0 bridgehead atoms. The second kappa shape index (κ2) is 6.56. The van der Waals surface area contributed by atoms with Gasteiger partial charge in [-0.1, -0.05) is 6.92 Å². The van der Waals surface area contributed by atoms with Crippen molar-refractivity contribution in [2.24, 2.45) is 0 Å². The maximum atomic E-state index is 12.3. The molecule has 9 heteroatoms. The molecule has 1 atom stereocenters. The standard InChI is InChI=1S/C14H15F3N2O2S2/c1-3-23(20,21)12-5-4-8-19(10(12)2)13-7-6-11(9-18-13)22-14(15,16)17/h4-10H,3H2,1-2H3. The van der Waals surface area contributed by atoms with Crippen LogP contribution in [-0.4, -0.2) is 30.7 Å². The number of alkyl halides is 3. The number of rotatable bonds is 4. The van der Waals surface area contributed by atoms with Gasteiger partial charge in [0.2, 0.25) is 0 Å². The van der Waals surface area contributed by atoms with Crippen LogP contribution in [-0.2, 0) is 9.84 Å². The van der Waals surface area contributed by atoms with Gasteiger partial charge in [0.15, 0.2) is 9.84 Å². The van der Waals surface area contributed by atoms with Crippen LogP contribution in [0.5, 0.6) is 0 Å². The monoisotopic (exact) mass is 364 g/mol. The number of hydrogen-bond donors (Lipinski definition) is 0. The van der Waals surface area contributed by atoms with Crippen LogP contribution in [0.1, 0.15) is 13.8 Å². The molecule has 0 aliphatic carbocycles. The maximum Gasteiger partial charge on any atom is 0.446 e. The van der Waals surface area contributed by atoms with Crippen molar-refractivity contribution in [1.29, 1.82) is 0 Å². The lowest BCUT2D eigenvalue weighted by molar-refractivity contribution is -0.0328. The molecule has 0 spiro atoms. The zero-order valence-electron chi connectivity index (χ0n) is 12.4. The fourth-order valence-corrected chi connectivity index (χ4v) is 3.92. The molecule has 2 rings (SSSR count). The van der Waals surface area contributed by atoms with E-state index in [9.17, 15) is 21.6 Å². The van der Waals surface area contributed by atoms with Crippen LogP contribution in [0.25, 0.3) is 0 Å². The topological polar surface area (TPSA) is 50.3 Å². The van der Waals surface area contributed by atoms with Gasteiger partial charge in [-0.25, -0.2) is 13.4 Å². The Hall–Kier alpha value is -1.48. The summed E-state index contributed by atoms with van der Waals surface area (Å²) in [5.74, 6) is 0.372. The molecule has 2 heterocycles. The second-order valence-corrected chi connectivity index (χ2v) is 8.21. The van der Waals surface area contributed by atoms with Gasteiger partial charge in [-0.2, -0.15) is 13.2 Å². The van der Waals surface area contributed by atoms with Crippen molar-refractivity contribution in [3.05, 3.63) is 41.6 Å². The molecule has 0 saturated carbocycles. The molecule has 23 heavy (non-hydrogen) atoms. The third kappa shape index (κ3) is 4.29. The minimum absolute atomic E-state index is 0.0144. The predicted octanol–water partition coefficient (Wildman–Crippen LogP) is 3.73. The largest absolute Gasteiger partial charge is 0.446 e. The summed E-state index contributed by atoms with van der Waals surface area (Å²) < 4.78 is 61.1. The number of aromatic nitrogens is 1. The minimum Gasteiger partial charge on any atom is -0.325 e. The van der Waals surface area contributed by atoms with E-state index in [1.165, 1.54) is 18.2 Å². The summed E-state index contributed by atoms with van der Waals surface area (Å²) in [6.07, 6.45) is 5.90. The molecule has 0 fully saturated rings. The van der Waals surface area contributed by atoms with Crippen LogP contribution in [0.2, 0.25) is 0 Å². The van der Waals surface area contributed by atoms with Gasteiger partial charge >= 0.3 is 5.51 Å². The Balaban J connectivity index is 2.23. The molecule has 0 amide bonds. The molecule has 126 valence electrons. The fourth-order valence-electron chi connectivity index (χ4n) is 2.16. The predicted molar refractivity (Wildman–Crippen MR) is 84.8 cm³/mol. The van der Waals surface area contributed by atoms with Crippen LogP contribution in [0.4, 0.5) is 19.0 Å². The summed E-state index contributed by atoms with van der Waals surface area (Å²) in [5, 5.41) is 0. The molecule has 1 aromatic heterocycles. The van der Waals surface area contributed by atoms with E-state index >= 15 is 0 Å². The van der Waals surface area contributed by atoms with Gasteiger partial charge in [-0.05, 0) is 43.0 Å². The van der Waals surface area contributed by atoms with Crippen molar-refractivity contribution in [3.8, 4) is 0 Å². The summed E-state index contributed by atoms with van der Waals surface area (Å²) in [4.78, 5) is 5.87. The lowest BCUT2D eigenvalue weighted by Crippen LogP contribution is -2.35. The SMILES string of the molecule is CCS(=O)(=O)C1=CC=CN(c2ccc(SC(F)(F)F)cn2)C1C. The Morgan fingerprint density at radius 2 is 2.04 bits per heavy atom. The van der Waals surface area contributed by atoms with Crippen LogP contribution >= 0.6 is 11.8 Å². The average Bonchev–Trinajstić information content (AvgIpc) is 2.47. The van der Waals surface area contributed by atoms with Crippen molar-refractivity contribution in [1.82, 2.24) is 4.98 Å². The highest BCUT2D eigenvalue weighted by Gasteiger charge is 2.30. The Labute approximate surface area is 137 Å². The highest BCUT2D eigenvalue weighted by molar-refractivity contribution is 8.00. The lowest BCUT2D eigenvalue weighted by atomic mass is 10.2. The Morgan fingerprint density at radius 3 is 2.57 bits per heavy atom. The van der Waals surface area contributed by atoms with Gasteiger partial charge in [-0.3, -0.25) is 0 Å². The van der Waals surface area contributed by atoms with Crippen molar-refractivity contribution in [3.63, 3.8) is 0 Å². The van der Waals surface area contributed by atoms with Crippen LogP contribution in [0.15, 0.2) is 46.5 Å². The first-order valence-electron chi connectivity index (χ1n) is 6.75. The summed E-state index contributed by atoms with van der Waals surface area (Å²) in [6.45, 7) is 3.27. The van der Waals surface area contributed by atoms with E-state index in [0.717, 1.165) is 6.20 Å². The van der Waals surface area contributed by atoms with Crippen molar-refractivity contribution >= 4 is 27.4 Å². The van der Waals surface area contributed by atoms with E-state index < -0.39 is 21.4 Å². The number of thioether (sulfide) groups is 1. The zero-order valence-corrected chi connectivity index (χ0v) is 14.0. The zero-order chi connectivity index (χ0) is 17.3. The number of sulfone groups is 1. The van der Waals surface area contributed by atoms with Crippen molar-refractivity contribution in [2.75, 3.05) is 10.7 Å². The number of halogens is 3. The third-order valence-electron chi connectivity index (χ3n) is 3.29. The van der Waals surface area contributed by atoms with E-state index in [4.69, 9.17) is 0 Å². The molecule has 0 aromatic carbocycles. The van der Waals surface area contributed by atoms with E-state index in [2.05, 4.69) is 4.98 Å². The molecular formula is C14H15F3N2O2S2. The van der Waals surface area contributed by atoms with Crippen molar-refractivity contribution in [2.45, 2.75) is 30.3 Å². The quantitative estimate of drug-likeness (QED) is 0.762. The summed E-state index contributed by atoms with van der Waals surface area (Å²) in [5.41, 5.74) is -4.37. The Bertz CT molecular complexity index is 725. The first-order valence-corrected chi connectivity index (χ1v) is 9.22. The fraction of sp³-hybridized carbons (Fsp3) is 0.357. The first kappa shape index (κ1) is 17.9. The maximum absolute atomic E-state index is 12.3. The normalized spacial score (nSPS) is 18.9. The molecule has 1 aliphatic rings. The molecule has 1 aliphatic heterocycles. The van der Waals surface area contributed by atoms with Crippen LogP contribution in [0, 0.1) is 0 Å². The highest BCUT2D eigenvalue weighted by Crippen LogP contribution is 2.37. The number of pyridine rings is 1. The molecule has 1 unspecified atom stereocenters. The third-order valence-corrected chi connectivity index (χ3v) is 5.96. The smallest absolute Gasteiger partial charge is 0.325 e. The Kier molecular flexibility index (Phi) is 5.10. The van der Waals surface area contributed by atoms with E-state index in [-0.39, 0.29) is 27.3 Å². The van der Waals surface area contributed by atoms with Gasteiger partial charge in [0, 0.05) is 17.3 Å². The molecule has 0 N–H and O–H groups in total. The highest BCUT2D eigenvalue weighted by atomic mass is 32.2. The second-order valence-electron chi connectivity index (χ2n) is 4.80.